The fourth-order valence-electron chi connectivity index (χ4n) is 2.31. The van der Waals surface area contributed by atoms with Crippen LogP contribution in [0.3, 0.4) is 0 Å². The van der Waals surface area contributed by atoms with E-state index >= 15 is 0 Å². The molecule has 108 valence electrons. The van der Waals surface area contributed by atoms with Gasteiger partial charge in [0, 0.05) is 33.5 Å². The predicted octanol–water partition coefficient (Wildman–Crippen LogP) is 4.82. The summed E-state index contributed by atoms with van der Waals surface area (Å²) in [6.07, 6.45) is 2.37. The molecule has 0 radical (unpaired) electrons. The second-order valence-electron chi connectivity index (χ2n) is 4.80. The van der Waals surface area contributed by atoms with Gasteiger partial charge in [-0.3, -0.25) is 0 Å². The van der Waals surface area contributed by atoms with Gasteiger partial charge < -0.3 is 10.6 Å². The number of hydrogen-bond donors (Lipinski definition) is 1. The molecule has 2 rings (SSSR count). The van der Waals surface area contributed by atoms with Crippen molar-refractivity contribution in [3.8, 4) is 0 Å². The molecule has 0 spiro atoms. The van der Waals surface area contributed by atoms with Gasteiger partial charge in [0.1, 0.15) is 0 Å². The summed E-state index contributed by atoms with van der Waals surface area (Å²) < 4.78 is 1.14. The molecule has 2 nitrogen and oxygen atoms in total. The number of benzene rings is 1. The molecule has 0 aliphatic rings. The number of thiophene rings is 1. The Morgan fingerprint density at radius 1 is 1.30 bits per heavy atom. The lowest BCUT2D eigenvalue weighted by Gasteiger charge is -2.32. The normalized spacial score (nSPS) is 12.3. The van der Waals surface area contributed by atoms with E-state index in [4.69, 9.17) is 5.73 Å². The van der Waals surface area contributed by atoms with Gasteiger partial charge in [-0.15, -0.1) is 11.3 Å². The van der Waals surface area contributed by atoms with E-state index in [0.717, 1.165) is 11.0 Å². The third kappa shape index (κ3) is 3.84. The van der Waals surface area contributed by atoms with Gasteiger partial charge in [0.25, 0.3) is 0 Å². The van der Waals surface area contributed by atoms with Crippen LogP contribution in [-0.2, 0) is 0 Å². The van der Waals surface area contributed by atoms with E-state index in [1.165, 1.54) is 23.4 Å². The van der Waals surface area contributed by atoms with Crippen molar-refractivity contribution >= 4 is 33.0 Å². The molecule has 4 heteroatoms. The molecule has 2 N–H and O–H groups in total. The first-order chi connectivity index (χ1) is 9.76. The third-order valence-electron chi connectivity index (χ3n) is 3.36. The molecular formula is C16H21BrN2S. The maximum Gasteiger partial charge on any atom is 0.0757 e. The summed E-state index contributed by atoms with van der Waals surface area (Å²) >= 11 is 5.31. The standard InChI is InChI=1S/C16H21BrN2S/c1-2-3-9-19(14-7-5-4-6-8-14)15(11-18)16-10-13(17)12-20-16/h4-8,10,12,15H,2-3,9,11,18H2,1H3. The van der Waals surface area contributed by atoms with Crippen LogP contribution in [0.15, 0.2) is 46.3 Å². The van der Waals surface area contributed by atoms with E-state index in [2.05, 4.69) is 69.5 Å². The predicted molar refractivity (Wildman–Crippen MR) is 92.5 cm³/mol. The van der Waals surface area contributed by atoms with Gasteiger partial charge in [0.15, 0.2) is 0 Å². The number of rotatable bonds is 7. The Hall–Kier alpha value is -0.840. The molecule has 0 saturated heterocycles. The van der Waals surface area contributed by atoms with Gasteiger partial charge in [0.2, 0.25) is 0 Å². The smallest absolute Gasteiger partial charge is 0.0757 e. The quantitative estimate of drug-likeness (QED) is 0.773. The topological polar surface area (TPSA) is 29.3 Å². The van der Waals surface area contributed by atoms with Crippen molar-refractivity contribution in [2.75, 3.05) is 18.0 Å². The number of anilines is 1. The van der Waals surface area contributed by atoms with E-state index in [0.29, 0.717) is 6.54 Å². The highest BCUT2D eigenvalue weighted by Crippen LogP contribution is 2.32. The zero-order valence-corrected chi connectivity index (χ0v) is 14.2. The second kappa shape index (κ2) is 7.81. The molecule has 0 fully saturated rings. The lowest BCUT2D eigenvalue weighted by Crippen LogP contribution is -2.34. The molecule has 0 bridgehead atoms. The van der Waals surface area contributed by atoms with Crippen molar-refractivity contribution in [2.45, 2.75) is 25.8 Å². The van der Waals surface area contributed by atoms with Crippen LogP contribution in [0.1, 0.15) is 30.7 Å². The Labute approximate surface area is 133 Å². The lowest BCUT2D eigenvalue weighted by atomic mass is 10.1. The first kappa shape index (κ1) is 15.5. The van der Waals surface area contributed by atoms with E-state index in [1.807, 2.05) is 0 Å². The molecule has 0 amide bonds. The summed E-state index contributed by atoms with van der Waals surface area (Å²) in [5.74, 6) is 0. The van der Waals surface area contributed by atoms with Crippen molar-refractivity contribution in [1.29, 1.82) is 0 Å². The maximum absolute atomic E-state index is 6.07. The zero-order valence-electron chi connectivity index (χ0n) is 11.8. The van der Waals surface area contributed by atoms with Gasteiger partial charge in [-0.2, -0.15) is 0 Å². The van der Waals surface area contributed by atoms with Gasteiger partial charge in [-0.05, 0) is 40.5 Å². The van der Waals surface area contributed by atoms with Crippen molar-refractivity contribution < 1.29 is 0 Å². The zero-order chi connectivity index (χ0) is 14.4. The molecular weight excluding hydrogens is 332 g/mol. The average molecular weight is 353 g/mol. The molecule has 0 aliphatic heterocycles. The third-order valence-corrected chi connectivity index (χ3v) is 5.15. The van der Waals surface area contributed by atoms with Crippen molar-refractivity contribution in [1.82, 2.24) is 0 Å². The van der Waals surface area contributed by atoms with Crippen molar-refractivity contribution in [2.24, 2.45) is 5.73 Å². The van der Waals surface area contributed by atoms with E-state index in [9.17, 15) is 0 Å². The monoisotopic (exact) mass is 352 g/mol. The SMILES string of the molecule is CCCCN(c1ccccc1)C(CN)c1cc(Br)cs1. The Bertz CT molecular complexity index is 512. The molecule has 1 unspecified atom stereocenters. The Balaban J connectivity index is 2.28. The number of hydrogen-bond acceptors (Lipinski definition) is 3. The highest BCUT2D eigenvalue weighted by molar-refractivity contribution is 9.10. The minimum atomic E-state index is 0.250. The number of halogens is 1. The van der Waals surface area contributed by atoms with Gasteiger partial charge in [-0.1, -0.05) is 31.5 Å². The molecule has 1 aromatic heterocycles. The van der Waals surface area contributed by atoms with Gasteiger partial charge in [-0.25, -0.2) is 0 Å². The second-order valence-corrected chi connectivity index (χ2v) is 6.66. The van der Waals surface area contributed by atoms with Crippen LogP contribution < -0.4 is 10.6 Å². The molecule has 2 aromatic rings. The maximum atomic E-state index is 6.07. The highest BCUT2D eigenvalue weighted by Gasteiger charge is 2.20. The number of nitrogens with zero attached hydrogens (tertiary/aromatic N) is 1. The minimum Gasteiger partial charge on any atom is -0.362 e. The summed E-state index contributed by atoms with van der Waals surface area (Å²) in [7, 11) is 0. The van der Waals surface area contributed by atoms with Gasteiger partial charge in [0.05, 0.1) is 6.04 Å². The molecule has 20 heavy (non-hydrogen) atoms. The fraction of sp³-hybridized carbons (Fsp3) is 0.375. The summed E-state index contributed by atoms with van der Waals surface area (Å²) in [4.78, 5) is 3.75. The first-order valence-corrected chi connectivity index (χ1v) is 8.69. The largest absolute Gasteiger partial charge is 0.362 e. The molecule has 1 atom stereocenters. The van der Waals surface area contributed by atoms with Gasteiger partial charge >= 0.3 is 0 Å². The fourth-order valence-corrected chi connectivity index (χ4v) is 3.88. The molecule has 0 saturated carbocycles. The lowest BCUT2D eigenvalue weighted by molar-refractivity contribution is 0.612. The van der Waals surface area contributed by atoms with Crippen molar-refractivity contribution in [3.63, 3.8) is 0 Å². The number of unbranched alkanes of at least 4 members (excludes halogenated alkanes) is 1. The van der Waals surface area contributed by atoms with Crippen LogP contribution in [-0.4, -0.2) is 13.1 Å². The minimum absolute atomic E-state index is 0.250. The first-order valence-electron chi connectivity index (χ1n) is 7.02. The van der Waals surface area contributed by atoms with Crippen LogP contribution >= 0.6 is 27.3 Å². The Morgan fingerprint density at radius 2 is 2.05 bits per heavy atom. The number of para-hydroxylation sites is 1. The highest BCUT2D eigenvalue weighted by atomic mass is 79.9. The van der Waals surface area contributed by atoms with Crippen molar-refractivity contribution in [3.05, 3.63) is 51.1 Å². The molecule has 1 aromatic carbocycles. The number of nitrogens with two attached hydrogens (primary N) is 1. The summed E-state index contributed by atoms with van der Waals surface area (Å²) in [5, 5.41) is 2.13. The Morgan fingerprint density at radius 3 is 2.60 bits per heavy atom. The van der Waals surface area contributed by atoms with E-state index in [1.54, 1.807) is 11.3 Å². The summed E-state index contributed by atoms with van der Waals surface area (Å²) in [6, 6.07) is 13.0. The summed E-state index contributed by atoms with van der Waals surface area (Å²) in [5.41, 5.74) is 7.32. The molecule has 1 heterocycles. The van der Waals surface area contributed by atoms with Crippen LogP contribution in [0, 0.1) is 0 Å². The van der Waals surface area contributed by atoms with Crippen LogP contribution in [0.5, 0.6) is 0 Å². The summed E-state index contributed by atoms with van der Waals surface area (Å²) in [6.45, 7) is 3.89. The van der Waals surface area contributed by atoms with Crippen LogP contribution in [0.4, 0.5) is 5.69 Å². The van der Waals surface area contributed by atoms with Crippen LogP contribution in [0.25, 0.3) is 0 Å². The van der Waals surface area contributed by atoms with E-state index in [-0.39, 0.29) is 6.04 Å². The Kier molecular flexibility index (Phi) is 6.07. The molecule has 0 aliphatic carbocycles. The van der Waals surface area contributed by atoms with Crippen LogP contribution in [0.2, 0.25) is 0 Å². The van der Waals surface area contributed by atoms with E-state index < -0.39 is 0 Å². The average Bonchev–Trinajstić information content (AvgIpc) is 2.90.